The summed E-state index contributed by atoms with van der Waals surface area (Å²) in [4.78, 5) is 31.5. The van der Waals surface area contributed by atoms with Crippen LogP contribution < -0.4 is 0 Å². The predicted molar refractivity (Wildman–Crippen MR) is 131 cm³/mol. The molecule has 0 radical (unpaired) electrons. The van der Waals surface area contributed by atoms with E-state index in [2.05, 4.69) is 18.8 Å². The van der Waals surface area contributed by atoms with Crippen molar-refractivity contribution in [2.75, 3.05) is 6.54 Å². The first-order valence-corrected chi connectivity index (χ1v) is 12.1. The van der Waals surface area contributed by atoms with Gasteiger partial charge in [0.2, 0.25) is 5.91 Å². The summed E-state index contributed by atoms with van der Waals surface area (Å²) in [6.07, 6.45) is 9.99. The number of aromatic nitrogens is 2. The quantitative estimate of drug-likeness (QED) is 0.259. The summed E-state index contributed by atoms with van der Waals surface area (Å²) in [6, 6.07) is 7.38. The number of halogens is 1. The number of Topliss-reactive ketones (excluding diaryl/α,β-unsaturated/α-hetero) is 1. The molecule has 2 heterocycles. The fraction of sp³-hybridized carbons (Fsp3) is 0.500. The molecule has 1 aromatic carbocycles. The number of carbonyl (C=O) groups excluding carboxylic acids is 2. The number of allylic oxidation sites excluding steroid dienone is 1. The van der Waals surface area contributed by atoms with Gasteiger partial charge in [-0.2, -0.15) is 0 Å². The van der Waals surface area contributed by atoms with Crippen LogP contribution in [0.1, 0.15) is 75.3 Å². The van der Waals surface area contributed by atoms with Crippen molar-refractivity contribution in [3.63, 3.8) is 0 Å². The molecule has 174 valence electrons. The Bertz CT molecular complexity index is 918. The van der Waals surface area contributed by atoms with Gasteiger partial charge < -0.3 is 9.47 Å². The largest absolute Gasteiger partial charge is 0.330 e. The highest BCUT2D eigenvalue weighted by molar-refractivity contribution is 6.31. The Morgan fingerprint density at radius 1 is 1.16 bits per heavy atom. The van der Waals surface area contributed by atoms with Crippen LogP contribution in [0.25, 0.3) is 0 Å². The van der Waals surface area contributed by atoms with E-state index in [1.165, 1.54) is 12.8 Å². The van der Waals surface area contributed by atoms with E-state index in [1.54, 1.807) is 23.2 Å². The third-order valence-corrected chi connectivity index (χ3v) is 5.80. The van der Waals surface area contributed by atoms with Crippen molar-refractivity contribution < 1.29 is 9.59 Å². The Hall–Kier alpha value is -2.40. The molecule has 0 fully saturated rings. The van der Waals surface area contributed by atoms with Crippen molar-refractivity contribution in [3.8, 4) is 0 Å². The molecule has 0 unspecified atom stereocenters. The zero-order valence-electron chi connectivity index (χ0n) is 19.8. The molecule has 1 aliphatic heterocycles. The number of hydrogen-bond donors (Lipinski definition) is 0. The number of amides is 1. The van der Waals surface area contributed by atoms with Crippen molar-refractivity contribution in [1.82, 2.24) is 14.5 Å². The molecule has 1 amide bonds. The number of fused-ring (bicyclic) bond motifs is 1. The number of nitrogens with zero attached hydrogens (tertiary/aromatic N) is 3. The second-order valence-electron chi connectivity index (χ2n) is 8.24. The van der Waals surface area contributed by atoms with E-state index in [9.17, 15) is 9.59 Å². The maximum absolute atomic E-state index is 12.8. The molecule has 32 heavy (non-hydrogen) atoms. The molecule has 2 aromatic rings. The summed E-state index contributed by atoms with van der Waals surface area (Å²) >= 11 is 6.19. The lowest BCUT2D eigenvalue weighted by molar-refractivity contribution is -0.127. The van der Waals surface area contributed by atoms with Gasteiger partial charge in [-0.15, -0.1) is 0 Å². The first-order valence-electron chi connectivity index (χ1n) is 11.7. The minimum Gasteiger partial charge on any atom is -0.330 e. The van der Waals surface area contributed by atoms with Crippen molar-refractivity contribution in [2.45, 2.75) is 72.9 Å². The highest BCUT2D eigenvalue weighted by Crippen LogP contribution is 2.20. The van der Waals surface area contributed by atoms with Crippen LogP contribution in [0.2, 0.25) is 5.02 Å². The van der Waals surface area contributed by atoms with Gasteiger partial charge in [-0.1, -0.05) is 76.4 Å². The Labute approximate surface area is 197 Å². The summed E-state index contributed by atoms with van der Waals surface area (Å²) in [5.41, 5.74) is 1.39. The van der Waals surface area contributed by atoms with Crippen LogP contribution in [0.4, 0.5) is 0 Å². The van der Waals surface area contributed by atoms with Crippen molar-refractivity contribution in [3.05, 3.63) is 64.7 Å². The monoisotopic (exact) mass is 457 g/mol. The van der Waals surface area contributed by atoms with Gasteiger partial charge in [-0.25, -0.2) is 4.98 Å². The number of carbonyl (C=O) groups is 2. The van der Waals surface area contributed by atoms with Crippen LogP contribution in [0, 0.1) is 5.92 Å². The minimum absolute atomic E-state index is 0.0112. The lowest BCUT2D eigenvalue weighted by atomic mass is 10.1. The van der Waals surface area contributed by atoms with Gasteiger partial charge in [-0.05, 0) is 36.5 Å². The Balaban J connectivity index is 0.00000176. The molecular weight excluding hydrogens is 422 g/mol. The first-order chi connectivity index (χ1) is 15.5. The molecular formula is C26H36ClN3O2. The van der Waals surface area contributed by atoms with Gasteiger partial charge >= 0.3 is 0 Å². The number of unbranched alkanes of at least 4 members (excludes halogenated alkanes) is 2. The Kier molecular flexibility index (Phi) is 10.7. The van der Waals surface area contributed by atoms with Crippen LogP contribution in [-0.4, -0.2) is 32.7 Å². The normalized spacial score (nSPS) is 13.1. The van der Waals surface area contributed by atoms with Gasteiger partial charge in [-0.3, -0.25) is 9.59 Å². The van der Waals surface area contributed by atoms with Crippen LogP contribution in [0.3, 0.4) is 0 Å². The lowest BCUT2D eigenvalue weighted by Gasteiger charge is -2.27. The Morgan fingerprint density at radius 2 is 1.91 bits per heavy atom. The van der Waals surface area contributed by atoms with E-state index >= 15 is 0 Å². The molecule has 5 nitrogen and oxygen atoms in total. The number of rotatable bonds is 9. The fourth-order valence-corrected chi connectivity index (χ4v) is 3.88. The van der Waals surface area contributed by atoms with Crippen LogP contribution in [0.15, 0.2) is 42.6 Å². The number of hydrogen-bond acceptors (Lipinski definition) is 3. The smallest absolute Gasteiger partial charge is 0.246 e. The fourth-order valence-electron chi connectivity index (χ4n) is 3.68. The van der Waals surface area contributed by atoms with Crippen LogP contribution >= 0.6 is 11.6 Å². The average Bonchev–Trinajstić information content (AvgIpc) is 3.22. The lowest BCUT2D eigenvalue weighted by Crippen LogP contribution is -2.38. The molecule has 0 bridgehead atoms. The highest BCUT2D eigenvalue weighted by Gasteiger charge is 2.24. The standard InChI is InChI=1S/C24H30ClN3O2.C2H6/c1-18(2)9-5-3-4-6-12-24(30)27-13-14-28-21(16-26-23(28)17-27)22(29)15-19-10-7-8-11-20(19)25;1-2/h6-8,10-12,16,18H,3-5,9,13-15,17H2,1-2H3;1-2H3/b12-6+;. The molecule has 0 spiro atoms. The predicted octanol–water partition coefficient (Wildman–Crippen LogP) is 6.10. The van der Waals surface area contributed by atoms with Crippen molar-refractivity contribution in [1.29, 1.82) is 0 Å². The van der Waals surface area contributed by atoms with Crippen molar-refractivity contribution in [2.24, 2.45) is 5.92 Å². The zero-order chi connectivity index (χ0) is 23.5. The van der Waals surface area contributed by atoms with E-state index in [1.807, 2.05) is 42.7 Å². The first kappa shape index (κ1) is 25.9. The molecule has 0 saturated heterocycles. The van der Waals surface area contributed by atoms with Crippen molar-refractivity contribution >= 4 is 23.3 Å². The number of benzene rings is 1. The van der Waals surface area contributed by atoms with Gasteiger partial charge in [0.1, 0.15) is 11.5 Å². The summed E-state index contributed by atoms with van der Waals surface area (Å²) in [7, 11) is 0. The summed E-state index contributed by atoms with van der Waals surface area (Å²) in [5.74, 6) is 1.48. The molecule has 0 saturated carbocycles. The van der Waals surface area contributed by atoms with E-state index in [0.29, 0.717) is 30.4 Å². The maximum Gasteiger partial charge on any atom is 0.246 e. The second kappa shape index (κ2) is 13.2. The molecule has 1 aromatic heterocycles. The molecule has 0 aliphatic carbocycles. The highest BCUT2D eigenvalue weighted by atomic mass is 35.5. The summed E-state index contributed by atoms with van der Waals surface area (Å²) < 4.78 is 1.93. The second-order valence-corrected chi connectivity index (χ2v) is 8.65. The van der Waals surface area contributed by atoms with Crippen LogP contribution in [-0.2, 0) is 24.3 Å². The minimum atomic E-state index is -0.0112. The summed E-state index contributed by atoms with van der Waals surface area (Å²) in [5, 5.41) is 0.594. The summed E-state index contributed by atoms with van der Waals surface area (Å²) in [6.45, 7) is 10.0. The molecule has 1 aliphatic rings. The van der Waals surface area contributed by atoms with E-state index in [-0.39, 0.29) is 18.1 Å². The van der Waals surface area contributed by atoms with E-state index in [0.717, 1.165) is 30.1 Å². The SMILES string of the molecule is CC.CC(C)CCCC/C=C/C(=O)N1CCn2c(C(=O)Cc3ccccc3Cl)cnc2C1. The average molecular weight is 458 g/mol. The number of ketones is 1. The van der Waals surface area contributed by atoms with E-state index < -0.39 is 0 Å². The third kappa shape index (κ3) is 7.33. The van der Waals surface area contributed by atoms with Gasteiger partial charge in [0, 0.05) is 24.5 Å². The number of imidazole rings is 1. The Morgan fingerprint density at radius 3 is 2.62 bits per heavy atom. The van der Waals surface area contributed by atoms with Gasteiger partial charge in [0.05, 0.1) is 12.7 Å². The molecule has 6 heteroatoms. The zero-order valence-corrected chi connectivity index (χ0v) is 20.6. The molecule has 0 atom stereocenters. The van der Waals surface area contributed by atoms with Crippen LogP contribution in [0.5, 0.6) is 0 Å². The maximum atomic E-state index is 12.8. The van der Waals surface area contributed by atoms with Gasteiger partial charge in [0.25, 0.3) is 0 Å². The molecule has 0 N–H and O–H groups in total. The molecule has 3 rings (SSSR count). The third-order valence-electron chi connectivity index (χ3n) is 5.43. The van der Waals surface area contributed by atoms with E-state index in [4.69, 9.17) is 11.6 Å². The topological polar surface area (TPSA) is 55.2 Å². The van der Waals surface area contributed by atoms with Gasteiger partial charge in [0.15, 0.2) is 5.78 Å².